The second kappa shape index (κ2) is 10.2. The number of carbonyl (C=O) groups excluding carboxylic acids is 2. The summed E-state index contributed by atoms with van der Waals surface area (Å²) in [4.78, 5) is 46.0. The number of methoxy groups -OCH3 is 2. The van der Waals surface area contributed by atoms with Crippen molar-refractivity contribution >= 4 is 50.7 Å². The molecule has 1 aromatic carbocycles. The van der Waals surface area contributed by atoms with Crippen molar-refractivity contribution in [3.8, 4) is 11.5 Å². The summed E-state index contributed by atoms with van der Waals surface area (Å²) in [5.41, 5.74) is 0.533. The summed E-state index contributed by atoms with van der Waals surface area (Å²) in [5.74, 6) is 0.873. The summed E-state index contributed by atoms with van der Waals surface area (Å²) in [6.45, 7) is 5.20. The van der Waals surface area contributed by atoms with Gasteiger partial charge < -0.3 is 19.7 Å². The van der Waals surface area contributed by atoms with E-state index in [2.05, 4.69) is 17.2 Å². The van der Waals surface area contributed by atoms with Crippen LogP contribution in [0.15, 0.2) is 23.3 Å². The van der Waals surface area contributed by atoms with Crippen LogP contribution in [-0.4, -0.2) is 53.6 Å². The maximum absolute atomic E-state index is 13.2. The summed E-state index contributed by atoms with van der Waals surface area (Å²) < 4.78 is 11.9. The molecule has 3 heterocycles. The molecule has 35 heavy (non-hydrogen) atoms. The highest BCUT2D eigenvalue weighted by Crippen LogP contribution is 2.37. The Balaban J connectivity index is 1.60. The van der Waals surface area contributed by atoms with Crippen LogP contribution < -0.4 is 20.3 Å². The molecule has 0 atom stereocenters. The van der Waals surface area contributed by atoms with E-state index in [0.717, 1.165) is 24.2 Å². The normalized spacial score (nSPS) is 14.3. The standard InChI is InChI=1S/C24H27ClN4O5S/c1-13-5-7-28(8-6-13)19(30)11-29-12-26-23-20(24(29)32)14(2)21(35-23)22(31)27-16-9-15(25)17(33-3)10-18(16)34-4/h9-10,12-13H,5-8,11H2,1-4H3,(H,27,31). The Labute approximate surface area is 211 Å². The minimum absolute atomic E-state index is 0.0749. The molecule has 0 bridgehead atoms. The number of hydrogen-bond acceptors (Lipinski definition) is 7. The lowest BCUT2D eigenvalue weighted by Crippen LogP contribution is -2.41. The number of benzene rings is 1. The van der Waals surface area contributed by atoms with Crippen molar-refractivity contribution in [3.63, 3.8) is 0 Å². The molecule has 0 aliphatic carbocycles. The fourth-order valence-corrected chi connectivity index (χ4v) is 5.40. The fraction of sp³-hybridized carbons (Fsp3) is 0.417. The van der Waals surface area contributed by atoms with Gasteiger partial charge in [-0.15, -0.1) is 11.3 Å². The van der Waals surface area contributed by atoms with Crippen molar-refractivity contribution in [2.24, 2.45) is 5.92 Å². The Kier molecular flexibility index (Phi) is 7.32. The molecule has 1 saturated heterocycles. The number of nitrogens with zero attached hydrogens (tertiary/aromatic N) is 3. The molecule has 186 valence electrons. The van der Waals surface area contributed by atoms with Crippen LogP contribution in [0.2, 0.25) is 5.02 Å². The monoisotopic (exact) mass is 518 g/mol. The van der Waals surface area contributed by atoms with Crippen molar-refractivity contribution in [1.82, 2.24) is 14.5 Å². The molecule has 11 heteroatoms. The molecular formula is C24H27ClN4O5S. The number of aromatic nitrogens is 2. The number of piperidine rings is 1. The van der Waals surface area contributed by atoms with Crippen molar-refractivity contribution in [3.05, 3.63) is 44.3 Å². The molecule has 0 radical (unpaired) electrons. The summed E-state index contributed by atoms with van der Waals surface area (Å²) in [7, 11) is 2.96. The minimum Gasteiger partial charge on any atom is -0.495 e. The van der Waals surface area contributed by atoms with Crippen molar-refractivity contribution in [2.75, 3.05) is 32.6 Å². The van der Waals surface area contributed by atoms with Crippen LogP contribution in [0.5, 0.6) is 11.5 Å². The Hall–Kier alpha value is -3.11. The van der Waals surface area contributed by atoms with Gasteiger partial charge in [0, 0.05) is 19.2 Å². The molecule has 2 aromatic heterocycles. The molecule has 3 aromatic rings. The molecule has 1 aliphatic heterocycles. The molecule has 2 amide bonds. The van der Waals surface area contributed by atoms with Gasteiger partial charge in [0.1, 0.15) is 22.9 Å². The van der Waals surface area contributed by atoms with Gasteiger partial charge in [-0.05, 0) is 37.3 Å². The Bertz CT molecular complexity index is 1340. The molecule has 0 unspecified atom stereocenters. The summed E-state index contributed by atoms with van der Waals surface area (Å²) in [6.07, 6.45) is 3.30. The van der Waals surface area contributed by atoms with E-state index in [0.29, 0.717) is 61.9 Å². The van der Waals surface area contributed by atoms with E-state index >= 15 is 0 Å². The first-order valence-corrected chi connectivity index (χ1v) is 12.4. The zero-order valence-corrected chi connectivity index (χ0v) is 21.6. The Morgan fingerprint density at radius 3 is 2.54 bits per heavy atom. The number of fused-ring (bicyclic) bond motifs is 1. The Morgan fingerprint density at radius 1 is 1.20 bits per heavy atom. The van der Waals surface area contributed by atoms with Gasteiger partial charge in [0.05, 0.1) is 41.5 Å². The molecule has 9 nitrogen and oxygen atoms in total. The molecule has 1 aliphatic rings. The fourth-order valence-electron chi connectivity index (χ4n) is 4.13. The second-order valence-electron chi connectivity index (χ2n) is 8.62. The maximum atomic E-state index is 13.2. The van der Waals surface area contributed by atoms with E-state index in [4.69, 9.17) is 21.1 Å². The third-order valence-corrected chi connectivity index (χ3v) is 7.78. The second-order valence-corrected chi connectivity index (χ2v) is 10.0. The number of hydrogen-bond donors (Lipinski definition) is 1. The van der Waals surface area contributed by atoms with E-state index in [1.807, 2.05) is 0 Å². The van der Waals surface area contributed by atoms with Gasteiger partial charge in [0.25, 0.3) is 11.5 Å². The van der Waals surface area contributed by atoms with Gasteiger partial charge in [-0.1, -0.05) is 18.5 Å². The van der Waals surface area contributed by atoms with E-state index in [1.165, 1.54) is 31.2 Å². The first-order valence-electron chi connectivity index (χ1n) is 11.2. The third kappa shape index (κ3) is 4.99. The highest BCUT2D eigenvalue weighted by molar-refractivity contribution is 7.20. The van der Waals surface area contributed by atoms with Crippen molar-refractivity contribution in [2.45, 2.75) is 33.2 Å². The number of nitrogens with one attached hydrogen (secondary N) is 1. The predicted molar refractivity (Wildman–Crippen MR) is 136 cm³/mol. The van der Waals surface area contributed by atoms with Crippen LogP contribution >= 0.6 is 22.9 Å². The number of rotatable bonds is 6. The van der Waals surface area contributed by atoms with Crippen molar-refractivity contribution in [1.29, 1.82) is 0 Å². The van der Waals surface area contributed by atoms with Gasteiger partial charge in [-0.3, -0.25) is 19.0 Å². The molecule has 0 spiro atoms. The first kappa shape index (κ1) is 25.0. The molecule has 4 rings (SSSR count). The number of amides is 2. The van der Waals surface area contributed by atoms with Gasteiger partial charge in [0.15, 0.2) is 0 Å². The van der Waals surface area contributed by atoms with E-state index in [9.17, 15) is 14.4 Å². The number of thiophene rings is 1. The van der Waals surface area contributed by atoms with Gasteiger partial charge >= 0.3 is 0 Å². The minimum atomic E-state index is -0.422. The van der Waals surface area contributed by atoms with Crippen molar-refractivity contribution < 1.29 is 19.1 Å². The number of likely N-dealkylation sites (tertiary alicyclic amines) is 1. The van der Waals surface area contributed by atoms with Crippen LogP contribution in [0.4, 0.5) is 5.69 Å². The summed E-state index contributed by atoms with van der Waals surface area (Å²) >= 11 is 7.33. The Morgan fingerprint density at radius 2 is 1.89 bits per heavy atom. The SMILES string of the molecule is COc1cc(OC)c(NC(=O)c2sc3ncn(CC(=O)N4CCC(C)CC4)c(=O)c3c2C)cc1Cl. The van der Waals surface area contributed by atoms with Crippen LogP contribution in [-0.2, 0) is 11.3 Å². The zero-order valence-electron chi connectivity index (χ0n) is 20.0. The first-order chi connectivity index (χ1) is 16.7. The predicted octanol–water partition coefficient (Wildman–Crippen LogP) is 3.95. The van der Waals surface area contributed by atoms with Crippen LogP contribution in [0.25, 0.3) is 10.2 Å². The number of ether oxygens (including phenoxy) is 2. The topological polar surface area (TPSA) is 103 Å². The number of anilines is 1. The zero-order chi connectivity index (χ0) is 25.3. The largest absolute Gasteiger partial charge is 0.495 e. The van der Waals surface area contributed by atoms with Gasteiger partial charge in [-0.25, -0.2) is 4.98 Å². The van der Waals surface area contributed by atoms with E-state index in [-0.39, 0.29) is 18.0 Å². The highest BCUT2D eigenvalue weighted by Gasteiger charge is 2.24. The molecule has 1 N–H and O–H groups in total. The average molecular weight is 519 g/mol. The molecule has 0 saturated carbocycles. The summed E-state index contributed by atoms with van der Waals surface area (Å²) in [6, 6.07) is 3.12. The van der Waals surface area contributed by atoms with Gasteiger partial charge in [-0.2, -0.15) is 0 Å². The van der Waals surface area contributed by atoms with Crippen LogP contribution in [0, 0.1) is 12.8 Å². The van der Waals surface area contributed by atoms with Crippen LogP contribution in [0.3, 0.4) is 0 Å². The lowest BCUT2D eigenvalue weighted by molar-refractivity contribution is -0.133. The number of carbonyl (C=O) groups is 2. The van der Waals surface area contributed by atoms with Crippen LogP contribution in [0.1, 0.15) is 35.0 Å². The quantitative estimate of drug-likeness (QED) is 0.530. The van der Waals surface area contributed by atoms with Gasteiger partial charge in [0.2, 0.25) is 5.91 Å². The van der Waals surface area contributed by atoms with E-state index < -0.39 is 5.91 Å². The lowest BCUT2D eigenvalue weighted by Gasteiger charge is -2.30. The highest BCUT2D eigenvalue weighted by atomic mass is 35.5. The molecule has 1 fully saturated rings. The number of aryl methyl sites for hydroxylation is 1. The van der Waals surface area contributed by atoms with E-state index in [1.54, 1.807) is 17.9 Å². The molecular weight excluding hydrogens is 492 g/mol. The third-order valence-electron chi connectivity index (χ3n) is 6.29. The summed E-state index contributed by atoms with van der Waals surface area (Å²) in [5, 5.41) is 3.44. The average Bonchev–Trinajstić information content (AvgIpc) is 3.18. The smallest absolute Gasteiger partial charge is 0.266 e. The maximum Gasteiger partial charge on any atom is 0.266 e. The number of halogens is 1. The lowest BCUT2D eigenvalue weighted by atomic mass is 9.99.